The smallest absolute Gasteiger partial charge is 0.0627 e. The Kier molecular flexibility index (Phi) is 5.34. The largest absolute Gasteiger partial charge is 0.327 e. The molecule has 0 fully saturated rings. The number of hydrogen-bond acceptors (Lipinski definition) is 2. The zero-order valence-electron chi connectivity index (χ0n) is 7.03. The Morgan fingerprint density at radius 2 is 2.25 bits per heavy atom. The third-order valence-corrected chi connectivity index (χ3v) is 1.36. The summed E-state index contributed by atoms with van der Waals surface area (Å²) in [6.07, 6.45) is 5.65. The van der Waals surface area contributed by atoms with Crippen LogP contribution in [-0.4, -0.2) is 11.5 Å². The quantitative estimate of drug-likeness (QED) is 0.761. The van der Waals surface area contributed by atoms with Gasteiger partial charge in [0.25, 0.3) is 0 Å². The highest BCUT2D eigenvalue weighted by Gasteiger charge is 1.85. The second-order valence-electron chi connectivity index (χ2n) is 2.40. The zero-order chi connectivity index (χ0) is 8.10. The van der Waals surface area contributed by atoms with E-state index in [0.717, 1.165) is 5.69 Å². The highest BCUT2D eigenvalue weighted by Crippen LogP contribution is 1.99. The first-order valence-corrected chi connectivity index (χ1v) is 3.62. The average molecular weight is 185 g/mol. The Labute approximate surface area is 78.9 Å². The first-order chi connectivity index (χ1) is 5.33. The fourth-order valence-corrected chi connectivity index (χ4v) is 0.767. The maximum Gasteiger partial charge on any atom is 0.0627 e. The summed E-state index contributed by atoms with van der Waals surface area (Å²) in [5.41, 5.74) is 7.43. The highest BCUT2D eigenvalue weighted by atomic mass is 35.5. The van der Waals surface area contributed by atoms with Gasteiger partial charge in [0.1, 0.15) is 0 Å². The van der Waals surface area contributed by atoms with E-state index < -0.39 is 0 Å². The standard InChI is InChI=1S/C9H12N2.ClH/c1-8-4-5-9(11-7-8)3-2-6-10;/h2-5,7H,6,10H2,1H3;1H/b3-2+;. The fraction of sp³-hybridized carbons (Fsp3) is 0.222. The molecule has 0 saturated carbocycles. The summed E-state index contributed by atoms with van der Waals surface area (Å²) in [5.74, 6) is 0. The van der Waals surface area contributed by atoms with Crippen LogP contribution in [0.1, 0.15) is 11.3 Å². The molecule has 2 N–H and O–H groups in total. The topological polar surface area (TPSA) is 38.9 Å². The average Bonchev–Trinajstić information content (AvgIpc) is 2.04. The summed E-state index contributed by atoms with van der Waals surface area (Å²) in [7, 11) is 0. The summed E-state index contributed by atoms with van der Waals surface area (Å²) in [4.78, 5) is 4.17. The molecule has 0 bridgehead atoms. The number of hydrogen-bond donors (Lipinski definition) is 1. The van der Waals surface area contributed by atoms with Gasteiger partial charge in [-0.25, -0.2) is 0 Å². The van der Waals surface area contributed by atoms with Crippen LogP contribution in [0.2, 0.25) is 0 Å². The van der Waals surface area contributed by atoms with Gasteiger partial charge in [-0.05, 0) is 24.6 Å². The minimum absolute atomic E-state index is 0. The van der Waals surface area contributed by atoms with E-state index in [9.17, 15) is 0 Å². The lowest BCUT2D eigenvalue weighted by Crippen LogP contribution is -1.92. The Balaban J connectivity index is 0.00000121. The van der Waals surface area contributed by atoms with E-state index in [1.54, 1.807) is 0 Å². The van der Waals surface area contributed by atoms with Gasteiger partial charge < -0.3 is 5.73 Å². The molecule has 1 aromatic rings. The first-order valence-electron chi connectivity index (χ1n) is 3.62. The molecule has 2 nitrogen and oxygen atoms in total. The number of nitrogens with two attached hydrogens (primary N) is 1. The molecule has 0 atom stereocenters. The minimum Gasteiger partial charge on any atom is -0.327 e. The molecule has 0 unspecified atom stereocenters. The molecule has 0 spiro atoms. The third kappa shape index (κ3) is 3.51. The van der Waals surface area contributed by atoms with Gasteiger partial charge in [0.15, 0.2) is 0 Å². The van der Waals surface area contributed by atoms with Crippen LogP contribution in [0, 0.1) is 6.92 Å². The summed E-state index contributed by atoms with van der Waals surface area (Å²) >= 11 is 0. The van der Waals surface area contributed by atoms with E-state index in [1.807, 2.05) is 37.4 Å². The molecule has 0 aliphatic rings. The van der Waals surface area contributed by atoms with Crippen molar-refractivity contribution in [1.82, 2.24) is 4.98 Å². The maximum absolute atomic E-state index is 5.29. The molecule has 0 radical (unpaired) electrons. The Morgan fingerprint density at radius 3 is 2.75 bits per heavy atom. The molecule has 12 heavy (non-hydrogen) atoms. The van der Waals surface area contributed by atoms with Crippen molar-refractivity contribution < 1.29 is 0 Å². The molecule has 0 saturated heterocycles. The predicted octanol–water partition coefficient (Wildman–Crippen LogP) is 1.78. The van der Waals surface area contributed by atoms with E-state index >= 15 is 0 Å². The van der Waals surface area contributed by atoms with Crippen molar-refractivity contribution in [3.05, 3.63) is 35.7 Å². The maximum atomic E-state index is 5.29. The molecule has 0 amide bonds. The first kappa shape index (κ1) is 11.1. The van der Waals surface area contributed by atoms with Crippen LogP contribution in [0.25, 0.3) is 6.08 Å². The van der Waals surface area contributed by atoms with Crippen molar-refractivity contribution in [3.8, 4) is 0 Å². The zero-order valence-corrected chi connectivity index (χ0v) is 7.84. The highest BCUT2D eigenvalue weighted by molar-refractivity contribution is 5.85. The predicted molar refractivity (Wildman–Crippen MR) is 54.3 cm³/mol. The van der Waals surface area contributed by atoms with Crippen molar-refractivity contribution in [2.45, 2.75) is 6.92 Å². The molecule has 3 heteroatoms. The fourth-order valence-electron chi connectivity index (χ4n) is 0.767. The third-order valence-electron chi connectivity index (χ3n) is 1.36. The number of rotatable bonds is 2. The molecule has 1 heterocycles. The Bertz CT molecular complexity index is 241. The summed E-state index contributed by atoms with van der Waals surface area (Å²) in [6.45, 7) is 2.58. The summed E-state index contributed by atoms with van der Waals surface area (Å²) in [5, 5.41) is 0. The van der Waals surface area contributed by atoms with E-state index in [-0.39, 0.29) is 12.4 Å². The van der Waals surface area contributed by atoms with Gasteiger partial charge in [0.2, 0.25) is 0 Å². The van der Waals surface area contributed by atoms with Gasteiger partial charge in [-0.3, -0.25) is 4.98 Å². The second-order valence-corrected chi connectivity index (χ2v) is 2.40. The number of aromatic nitrogens is 1. The lowest BCUT2D eigenvalue weighted by atomic mass is 10.2. The van der Waals surface area contributed by atoms with Gasteiger partial charge in [0.05, 0.1) is 5.69 Å². The second kappa shape index (κ2) is 5.75. The van der Waals surface area contributed by atoms with Crippen LogP contribution in [0.3, 0.4) is 0 Å². The van der Waals surface area contributed by atoms with Crippen molar-refractivity contribution >= 4 is 18.5 Å². The van der Waals surface area contributed by atoms with Crippen LogP contribution in [-0.2, 0) is 0 Å². The number of halogens is 1. The molecular formula is C9H13ClN2. The van der Waals surface area contributed by atoms with Gasteiger partial charge in [0, 0.05) is 12.7 Å². The van der Waals surface area contributed by atoms with Crippen molar-refractivity contribution in [3.63, 3.8) is 0 Å². The molecule has 1 rings (SSSR count). The van der Waals surface area contributed by atoms with E-state index in [0.29, 0.717) is 6.54 Å². The lowest BCUT2D eigenvalue weighted by molar-refractivity contribution is 1.23. The lowest BCUT2D eigenvalue weighted by Gasteiger charge is -1.92. The van der Waals surface area contributed by atoms with Crippen molar-refractivity contribution in [1.29, 1.82) is 0 Å². The number of pyridine rings is 1. The molecule has 66 valence electrons. The number of aryl methyl sites for hydroxylation is 1. The summed E-state index contributed by atoms with van der Waals surface area (Å²) < 4.78 is 0. The Morgan fingerprint density at radius 1 is 1.50 bits per heavy atom. The molecule has 0 aliphatic heterocycles. The van der Waals surface area contributed by atoms with Crippen LogP contribution >= 0.6 is 12.4 Å². The monoisotopic (exact) mass is 184 g/mol. The van der Waals surface area contributed by atoms with Gasteiger partial charge in [-0.15, -0.1) is 12.4 Å². The summed E-state index contributed by atoms with van der Waals surface area (Å²) in [6, 6.07) is 4.00. The van der Waals surface area contributed by atoms with Crippen LogP contribution in [0.15, 0.2) is 24.4 Å². The van der Waals surface area contributed by atoms with Crippen LogP contribution in [0.4, 0.5) is 0 Å². The SMILES string of the molecule is Cc1ccc(/C=C/CN)nc1.Cl. The van der Waals surface area contributed by atoms with Gasteiger partial charge in [-0.1, -0.05) is 12.1 Å². The van der Waals surface area contributed by atoms with Gasteiger partial charge >= 0.3 is 0 Å². The molecular weight excluding hydrogens is 172 g/mol. The molecule has 1 aromatic heterocycles. The minimum atomic E-state index is 0. The van der Waals surface area contributed by atoms with E-state index in [1.165, 1.54) is 5.56 Å². The number of nitrogens with zero attached hydrogens (tertiary/aromatic N) is 1. The van der Waals surface area contributed by atoms with E-state index in [2.05, 4.69) is 4.98 Å². The van der Waals surface area contributed by atoms with Crippen molar-refractivity contribution in [2.75, 3.05) is 6.54 Å². The van der Waals surface area contributed by atoms with Crippen LogP contribution in [0.5, 0.6) is 0 Å². The van der Waals surface area contributed by atoms with E-state index in [4.69, 9.17) is 5.73 Å². The Hall–Kier alpha value is -0.860. The molecule has 0 aromatic carbocycles. The van der Waals surface area contributed by atoms with Crippen LogP contribution < -0.4 is 5.73 Å². The normalized spacial score (nSPS) is 9.83. The molecule has 0 aliphatic carbocycles. The van der Waals surface area contributed by atoms with Crippen molar-refractivity contribution in [2.24, 2.45) is 5.73 Å². The van der Waals surface area contributed by atoms with Gasteiger partial charge in [-0.2, -0.15) is 0 Å².